The van der Waals surface area contributed by atoms with Gasteiger partial charge in [-0.1, -0.05) is 30.3 Å². The molecule has 0 radical (unpaired) electrons. The number of thiazole rings is 1. The smallest absolute Gasteiger partial charge is 0.0967 e. The molecule has 20 heavy (non-hydrogen) atoms. The lowest BCUT2D eigenvalue weighted by molar-refractivity contribution is 0.177. The maximum Gasteiger partial charge on any atom is 0.0967 e. The molecule has 0 saturated heterocycles. The summed E-state index contributed by atoms with van der Waals surface area (Å²) in [6.07, 6.45) is 0.0853. The third-order valence-corrected chi connectivity index (χ3v) is 4.64. The Kier molecular flexibility index (Phi) is 3.55. The molecule has 0 aliphatic heterocycles. The van der Waals surface area contributed by atoms with E-state index < -0.39 is 6.10 Å². The van der Waals surface area contributed by atoms with Gasteiger partial charge in [0.2, 0.25) is 0 Å². The Morgan fingerprint density at radius 2 is 1.75 bits per heavy atom. The molecule has 2 aromatic carbocycles. The highest BCUT2D eigenvalue weighted by atomic mass is 32.1. The summed E-state index contributed by atoms with van der Waals surface area (Å²) in [4.78, 5) is 4.60. The molecule has 0 bridgehead atoms. The molecule has 0 spiro atoms. The van der Waals surface area contributed by atoms with Gasteiger partial charge in [0.15, 0.2) is 0 Å². The number of fused-ring (bicyclic) bond motifs is 1. The number of hydrogen-bond donors (Lipinski definition) is 1. The SMILES string of the molecule is Cc1cccc(C)c1C(O)Cc1nc2ccccc2s1. The zero-order valence-corrected chi connectivity index (χ0v) is 12.4. The first-order chi connectivity index (χ1) is 9.65. The Bertz CT molecular complexity index is 694. The van der Waals surface area contributed by atoms with Crippen molar-refractivity contribution in [1.29, 1.82) is 0 Å². The monoisotopic (exact) mass is 283 g/mol. The number of benzene rings is 2. The lowest BCUT2D eigenvalue weighted by Gasteiger charge is -2.15. The van der Waals surface area contributed by atoms with Gasteiger partial charge in [0.05, 0.1) is 21.3 Å². The van der Waals surface area contributed by atoms with Gasteiger partial charge < -0.3 is 5.11 Å². The lowest BCUT2D eigenvalue weighted by Crippen LogP contribution is -2.05. The van der Waals surface area contributed by atoms with Crippen molar-refractivity contribution in [3.05, 3.63) is 64.2 Å². The van der Waals surface area contributed by atoms with E-state index in [1.54, 1.807) is 11.3 Å². The van der Waals surface area contributed by atoms with Crippen LogP contribution in [0, 0.1) is 13.8 Å². The van der Waals surface area contributed by atoms with E-state index >= 15 is 0 Å². The molecule has 1 aromatic heterocycles. The van der Waals surface area contributed by atoms with Crippen LogP contribution in [-0.2, 0) is 6.42 Å². The van der Waals surface area contributed by atoms with E-state index in [2.05, 4.69) is 11.1 Å². The van der Waals surface area contributed by atoms with Gasteiger partial charge in [0, 0.05) is 6.42 Å². The van der Waals surface area contributed by atoms with E-state index in [4.69, 9.17) is 0 Å². The van der Waals surface area contributed by atoms with Crippen molar-refractivity contribution >= 4 is 21.6 Å². The van der Waals surface area contributed by atoms with Crippen LogP contribution in [0.15, 0.2) is 42.5 Å². The highest BCUT2D eigenvalue weighted by molar-refractivity contribution is 7.18. The number of nitrogens with zero attached hydrogens (tertiary/aromatic N) is 1. The van der Waals surface area contributed by atoms with Crippen molar-refractivity contribution in [2.45, 2.75) is 26.4 Å². The quantitative estimate of drug-likeness (QED) is 0.782. The molecule has 0 aliphatic rings. The van der Waals surface area contributed by atoms with Gasteiger partial charge in [-0.05, 0) is 42.7 Å². The van der Waals surface area contributed by atoms with E-state index in [0.717, 1.165) is 27.2 Å². The highest BCUT2D eigenvalue weighted by Gasteiger charge is 2.15. The van der Waals surface area contributed by atoms with Gasteiger partial charge >= 0.3 is 0 Å². The largest absolute Gasteiger partial charge is 0.388 e. The van der Waals surface area contributed by atoms with E-state index in [0.29, 0.717) is 6.42 Å². The number of aromatic nitrogens is 1. The van der Waals surface area contributed by atoms with Crippen LogP contribution < -0.4 is 0 Å². The van der Waals surface area contributed by atoms with Crippen LogP contribution in [0.25, 0.3) is 10.2 Å². The molecule has 3 heteroatoms. The third kappa shape index (κ3) is 2.47. The standard InChI is InChI=1S/C17H17NOS/c1-11-6-5-7-12(2)17(11)14(19)10-16-18-13-8-3-4-9-15(13)20-16/h3-9,14,19H,10H2,1-2H3. The van der Waals surface area contributed by atoms with Crippen molar-refractivity contribution in [1.82, 2.24) is 4.98 Å². The fourth-order valence-corrected chi connectivity index (χ4v) is 3.63. The second kappa shape index (κ2) is 5.35. The van der Waals surface area contributed by atoms with Crippen LogP contribution in [0.2, 0.25) is 0 Å². The molecule has 3 rings (SSSR count). The van der Waals surface area contributed by atoms with Crippen LogP contribution in [0.3, 0.4) is 0 Å². The molecule has 0 saturated carbocycles. The van der Waals surface area contributed by atoms with Gasteiger partial charge in [-0.25, -0.2) is 4.98 Å². The van der Waals surface area contributed by atoms with E-state index in [-0.39, 0.29) is 0 Å². The molecule has 1 N–H and O–H groups in total. The molecule has 0 amide bonds. The minimum atomic E-state index is -0.489. The number of aliphatic hydroxyl groups excluding tert-OH is 1. The van der Waals surface area contributed by atoms with Crippen molar-refractivity contribution in [2.24, 2.45) is 0 Å². The first kappa shape index (κ1) is 13.3. The third-order valence-electron chi connectivity index (χ3n) is 3.58. The Hall–Kier alpha value is -1.71. The second-order valence-electron chi connectivity index (χ2n) is 5.10. The molecular formula is C17H17NOS. The van der Waals surface area contributed by atoms with E-state index in [1.165, 1.54) is 4.70 Å². The summed E-state index contributed by atoms with van der Waals surface area (Å²) in [5.41, 5.74) is 4.32. The topological polar surface area (TPSA) is 33.1 Å². The maximum atomic E-state index is 10.5. The summed E-state index contributed by atoms with van der Waals surface area (Å²) >= 11 is 1.66. The minimum absolute atomic E-state index is 0.489. The van der Waals surface area contributed by atoms with Crippen molar-refractivity contribution in [3.63, 3.8) is 0 Å². The molecule has 1 atom stereocenters. The predicted octanol–water partition coefficient (Wildman–Crippen LogP) is 4.19. The lowest BCUT2D eigenvalue weighted by atomic mass is 9.96. The Morgan fingerprint density at radius 3 is 2.45 bits per heavy atom. The van der Waals surface area contributed by atoms with Gasteiger partial charge in [0.25, 0.3) is 0 Å². The van der Waals surface area contributed by atoms with Gasteiger partial charge in [0.1, 0.15) is 0 Å². The molecule has 0 fully saturated rings. The second-order valence-corrected chi connectivity index (χ2v) is 6.22. The number of para-hydroxylation sites is 1. The summed E-state index contributed by atoms with van der Waals surface area (Å²) < 4.78 is 1.18. The molecule has 102 valence electrons. The zero-order valence-electron chi connectivity index (χ0n) is 11.6. The van der Waals surface area contributed by atoms with E-state index in [9.17, 15) is 5.11 Å². The normalized spacial score (nSPS) is 12.8. The molecule has 2 nitrogen and oxygen atoms in total. The van der Waals surface area contributed by atoms with Crippen molar-refractivity contribution < 1.29 is 5.11 Å². The fourth-order valence-electron chi connectivity index (χ4n) is 2.63. The maximum absolute atomic E-state index is 10.5. The Morgan fingerprint density at radius 1 is 1.05 bits per heavy atom. The summed E-state index contributed by atoms with van der Waals surface area (Å²) in [6, 6.07) is 14.2. The van der Waals surface area contributed by atoms with Crippen molar-refractivity contribution in [2.75, 3.05) is 0 Å². The molecule has 0 aliphatic carbocycles. The number of aliphatic hydroxyl groups is 1. The average molecular weight is 283 g/mol. The highest BCUT2D eigenvalue weighted by Crippen LogP contribution is 2.28. The molecule has 1 heterocycles. The van der Waals surface area contributed by atoms with Crippen LogP contribution in [0.1, 0.15) is 27.8 Å². The average Bonchev–Trinajstić information content (AvgIpc) is 2.80. The van der Waals surface area contributed by atoms with Gasteiger partial charge in [-0.2, -0.15) is 0 Å². The zero-order chi connectivity index (χ0) is 14.1. The molecule has 1 unspecified atom stereocenters. The summed E-state index contributed by atoms with van der Waals surface area (Å²) in [7, 11) is 0. The Labute approximate surface area is 122 Å². The first-order valence-corrected chi connectivity index (χ1v) is 7.55. The number of rotatable bonds is 3. The molecular weight excluding hydrogens is 266 g/mol. The van der Waals surface area contributed by atoms with E-state index in [1.807, 2.05) is 50.2 Å². The summed E-state index contributed by atoms with van der Waals surface area (Å²) in [6.45, 7) is 4.09. The molecule has 3 aromatic rings. The minimum Gasteiger partial charge on any atom is -0.388 e. The fraction of sp³-hybridized carbons (Fsp3) is 0.235. The van der Waals surface area contributed by atoms with Crippen LogP contribution in [-0.4, -0.2) is 10.1 Å². The van der Waals surface area contributed by atoms with Crippen LogP contribution in [0.4, 0.5) is 0 Å². The predicted molar refractivity (Wildman–Crippen MR) is 84.2 cm³/mol. The van der Waals surface area contributed by atoms with Crippen molar-refractivity contribution in [3.8, 4) is 0 Å². The van der Waals surface area contributed by atoms with Crippen LogP contribution in [0.5, 0.6) is 0 Å². The number of hydrogen-bond acceptors (Lipinski definition) is 3. The summed E-state index contributed by atoms with van der Waals surface area (Å²) in [5.74, 6) is 0. The first-order valence-electron chi connectivity index (χ1n) is 6.74. The van der Waals surface area contributed by atoms with Crippen LogP contribution >= 0.6 is 11.3 Å². The number of aryl methyl sites for hydroxylation is 2. The summed E-state index contributed by atoms with van der Waals surface area (Å²) in [5, 5.41) is 11.5. The Balaban J connectivity index is 1.90. The van der Waals surface area contributed by atoms with Gasteiger partial charge in [-0.3, -0.25) is 0 Å². The van der Waals surface area contributed by atoms with Gasteiger partial charge in [-0.15, -0.1) is 11.3 Å².